The highest BCUT2D eigenvalue weighted by Gasteiger charge is 2.14. The highest BCUT2D eigenvalue weighted by Crippen LogP contribution is 2.32. The summed E-state index contributed by atoms with van der Waals surface area (Å²) >= 11 is 6.03. The Labute approximate surface area is 150 Å². The molecule has 2 aromatic heterocycles. The Morgan fingerprint density at radius 3 is 2.88 bits per heavy atom. The van der Waals surface area contributed by atoms with Crippen LogP contribution in [0, 0.1) is 0 Å². The van der Waals surface area contributed by atoms with Gasteiger partial charge in [-0.1, -0.05) is 18.5 Å². The van der Waals surface area contributed by atoms with Crippen LogP contribution in [0.1, 0.15) is 13.3 Å². The van der Waals surface area contributed by atoms with Crippen molar-refractivity contribution >= 4 is 17.4 Å². The monoisotopic (exact) mass is 358 g/mol. The fraction of sp³-hybridized carbons (Fsp3) is 0.235. The molecule has 0 fully saturated rings. The molecule has 3 aromatic rings. The fourth-order valence-electron chi connectivity index (χ4n) is 2.32. The fourth-order valence-corrected chi connectivity index (χ4v) is 2.49. The second kappa shape index (κ2) is 7.50. The number of rotatable bonds is 6. The van der Waals surface area contributed by atoms with Crippen LogP contribution < -0.4 is 11.1 Å². The lowest BCUT2D eigenvalue weighted by atomic mass is 10.1. The van der Waals surface area contributed by atoms with Crippen molar-refractivity contribution in [3.05, 3.63) is 41.8 Å². The van der Waals surface area contributed by atoms with E-state index in [2.05, 4.69) is 25.5 Å². The van der Waals surface area contributed by atoms with Gasteiger partial charge in [0.2, 0.25) is 0 Å². The first-order valence-electron chi connectivity index (χ1n) is 7.93. The second-order valence-electron chi connectivity index (χ2n) is 5.65. The van der Waals surface area contributed by atoms with Gasteiger partial charge in [0.1, 0.15) is 11.6 Å². The van der Waals surface area contributed by atoms with Crippen LogP contribution in [0.25, 0.3) is 22.5 Å². The molecule has 0 bridgehead atoms. The van der Waals surface area contributed by atoms with Crippen molar-refractivity contribution in [2.75, 3.05) is 11.9 Å². The normalized spacial score (nSPS) is 12.1. The maximum Gasteiger partial charge on any atom is 0.165 e. The van der Waals surface area contributed by atoms with E-state index in [-0.39, 0.29) is 11.8 Å². The van der Waals surface area contributed by atoms with Gasteiger partial charge in [0.05, 0.1) is 11.8 Å². The predicted octanol–water partition coefficient (Wildman–Crippen LogP) is 3.04. The predicted molar refractivity (Wildman–Crippen MR) is 98.5 cm³/mol. The van der Waals surface area contributed by atoms with E-state index in [1.807, 2.05) is 6.92 Å². The van der Waals surface area contributed by atoms with Crippen LogP contribution >= 0.6 is 11.6 Å². The minimum absolute atomic E-state index is 0.00943. The number of halogens is 1. The van der Waals surface area contributed by atoms with Crippen molar-refractivity contribution < 1.29 is 5.11 Å². The number of hydrogen-bond acceptors (Lipinski definition) is 6. The molecule has 7 nitrogen and oxygen atoms in total. The van der Waals surface area contributed by atoms with Gasteiger partial charge in [0.15, 0.2) is 5.82 Å². The summed E-state index contributed by atoms with van der Waals surface area (Å²) in [6.07, 6.45) is 5.99. The van der Waals surface area contributed by atoms with Gasteiger partial charge >= 0.3 is 0 Å². The number of H-pyrrole nitrogens is 1. The minimum Gasteiger partial charge on any atom is -0.507 e. The van der Waals surface area contributed by atoms with Gasteiger partial charge in [-0.15, -0.1) is 0 Å². The maximum atomic E-state index is 10.1. The third-order valence-electron chi connectivity index (χ3n) is 3.85. The Bertz CT molecular complexity index is 852. The van der Waals surface area contributed by atoms with Crippen LogP contribution in [0.5, 0.6) is 5.75 Å². The molecule has 0 amide bonds. The molecular formula is C17H19ClN6O. The van der Waals surface area contributed by atoms with Gasteiger partial charge in [-0.25, -0.2) is 9.97 Å². The quantitative estimate of drug-likeness (QED) is 0.538. The van der Waals surface area contributed by atoms with Gasteiger partial charge in [-0.3, -0.25) is 5.10 Å². The number of nitrogens with zero attached hydrogens (tertiary/aromatic N) is 3. The maximum absolute atomic E-state index is 10.1. The van der Waals surface area contributed by atoms with E-state index in [0.29, 0.717) is 28.8 Å². The Morgan fingerprint density at radius 1 is 1.32 bits per heavy atom. The van der Waals surface area contributed by atoms with E-state index in [1.165, 1.54) is 6.07 Å². The number of aromatic hydroxyl groups is 1. The molecular weight excluding hydrogens is 340 g/mol. The number of nitrogens with one attached hydrogen (secondary N) is 2. The van der Waals surface area contributed by atoms with E-state index >= 15 is 0 Å². The largest absolute Gasteiger partial charge is 0.507 e. The zero-order chi connectivity index (χ0) is 17.8. The molecule has 130 valence electrons. The molecule has 0 saturated carbocycles. The van der Waals surface area contributed by atoms with Crippen LogP contribution in [-0.4, -0.2) is 37.9 Å². The van der Waals surface area contributed by atoms with E-state index in [1.54, 1.807) is 30.7 Å². The Balaban J connectivity index is 2.03. The molecule has 0 radical (unpaired) electrons. The summed E-state index contributed by atoms with van der Waals surface area (Å²) in [4.78, 5) is 8.94. The number of benzene rings is 1. The SMILES string of the molecule is CC[C@@H](N)CNc1nc(-c2cc(Cl)ccc2O)ncc1-c1cn[nH]c1. The summed E-state index contributed by atoms with van der Waals surface area (Å²) in [5.74, 6) is 1.06. The van der Waals surface area contributed by atoms with Crippen molar-refractivity contribution in [2.45, 2.75) is 19.4 Å². The van der Waals surface area contributed by atoms with Crippen molar-refractivity contribution in [3.8, 4) is 28.3 Å². The Hall–Kier alpha value is -2.64. The standard InChI is InChI=1S/C17H19ClN6O/c1-2-12(19)8-20-17-14(10-6-22-23-7-10)9-21-16(24-17)13-5-11(18)3-4-15(13)25/h3-7,9,12,25H,2,8,19H2,1H3,(H,22,23)(H,20,21,24)/t12-/m1/s1. The highest BCUT2D eigenvalue weighted by molar-refractivity contribution is 6.30. The molecule has 0 spiro atoms. The lowest BCUT2D eigenvalue weighted by Crippen LogP contribution is -2.28. The zero-order valence-corrected chi connectivity index (χ0v) is 14.5. The van der Waals surface area contributed by atoms with Crippen LogP contribution in [0.2, 0.25) is 5.02 Å². The number of hydrogen-bond donors (Lipinski definition) is 4. The average molecular weight is 359 g/mol. The number of anilines is 1. The first-order valence-corrected chi connectivity index (χ1v) is 8.30. The van der Waals surface area contributed by atoms with Gasteiger partial charge in [0, 0.05) is 41.1 Å². The smallest absolute Gasteiger partial charge is 0.165 e. The molecule has 2 heterocycles. The molecule has 25 heavy (non-hydrogen) atoms. The summed E-state index contributed by atoms with van der Waals surface area (Å²) in [6.45, 7) is 2.60. The molecule has 1 aromatic carbocycles. The first kappa shape index (κ1) is 17.2. The molecule has 8 heteroatoms. The summed E-state index contributed by atoms with van der Waals surface area (Å²) in [5.41, 5.74) is 8.12. The molecule has 5 N–H and O–H groups in total. The van der Waals surface area contributed by atoms with Gasteiger partial charge in [-0.2, -0.15) is 5.10 Å². The van der Waals surface area contributed by atoms with Crippen LogP contribution in [0.3, 0.4) is 0 Å². The average Bonchev–Trinajstić information content (AvgIpc) is 3.16. The number of phenolic OH excluding ortho intramolecular Hbond substituents is 1. The summed E-state index contributed by atoms with van der Waals surface area (Å²) < 4.78 is 0. The first-order chi connectivity index (χ1) is 12.1. The highest BCUT2D eigenvalue weighted by atomic mass is 35.5. The molecule has 1 atom stereocenters. The number of aromatic nitrogens is 4. The number of nitrogens with two attached hydrogens (primary N) is 1. The summed E-state index contributed by atoms with van der Waals surface area (Å²) in [7, 11) is 0. The topological polar surface area (TPSA) is 113 Å². The van der Waals surface area contributed by atoms with Crippen LogP contribution in [0.15, 0.2) is 36.8 Å². The van der Waals surface area contributed by atoms with Crippen LogP contribution in [0.4, 0.5) is 5.82 Å². The number of phenols is 1. The van der Waals surface area contributed by atoms with Crippen molar-refractivity contribution in [1.82, 2.24) is 20.2 Å². The van der Waals surface area contributed by atoms with Gasteiger partial charge in [-0.05, 0) is 24.6 Å². The Morgan fingerprint density at radius 2 is 2.16 bits per heavy atom. The van der Waals surface area contributed by atoms with Gasteiger partial charge in [0.25, 0.3) is 0 Å². The third-order valence-corrected chi connectivity index (χ3v) is 4.09. The summed E-state index contributed by atoms with van der Waals surface area (Å²) in [6, 6.07) is 4.77. The lowest BCUT2D eigenvalue weighted by Gasteiger charge is -2.15. The van der Waals surface area contributed by atoms with Crippen molar-refractivity contribution in [2.24, 2.45) is 5.73 Å². The molecule has 0 saturated heterocycles. The van der Waals surface area contributed by atoms with E-state index in [4.69, 9.17) is 17.3 Å². The van der Waals surface area contributed by atoms with Crippen molar-refractivity contribution in [3.63, 3.8) is 0 Å². The molecule has 3 rings (SSSR count). The Kier molecular flexibility index (Phi) is 5.16. The minimum atomic E-state index is 0.00943. The number of aromatic amines is 1. The van der Waals surface area contributed by atoms with Crippen molar-refractivity contribution in [1.29, 1.82) is 0 Å². The molecule has 0 aliphatic heterocycles. The second-order valence-corrected chi connectivity index (χ2v) is 6.09. The third kappa shape index (κ3) is 3.89. The molecule has 0 aliphatic rings. The van der Waals surface area contributed by atoms with E-state index in [9.17, 15) is 5.11 Å². The van der Waals surface area contributed by atoms with Crippen LogP contribution in [-0.2, 0) is 0 Å². The van der Waals surface area contributed by atoms with E-state index in [0.717, 1.165) is 17.5 Å². The summed E-state index contributed by atoms with van der Waals surface area (Å²) in [5, 5.41) is 20.6. The molecule has 0 aliphatic carbocycles. The molecule has 0 unspecified atom stereocenters. The van der Waals surface area contributed by atoms with Gasteiger partial charge < -0.3 is 16.2 Å². The lowest BCUT2D eigenvalue weighted by molar-refractivity contribution is 0.477. The van der Waals surface area contributed by atoms with E-state index < -0.39 is 0 Å². The zero-order valence-electron chi connectivity index (χ0n) is 13.7.